The van der Waals surface area contributed by atoms with Crippen molar-refractivity contribution in [2.24, 2.45) is 15.2 Å². The summed E-state index contributed by atoms with van der Waals surface area (Å²) in [6, 6.07) is 17.1. The van der Waals surface area contributed by atoms with Gasteiger partial charge in [0.25, 0.3) is 0 Å². The molecule has 140 valence electrons. The van der Waals surface area contributed by atoms with Crippen molar-refractivity contribution in [3.8, 4) is 0 Å². The van der Waals surface area contributed by atoms with E-state index in [1.54, 1.807) is 16.4 Å². The van der Waals surface area contributed by atoms with Crippen LogP contribution in [-0.2, 0) is 15.4 Å². The summed E-state index contributed by atoms with van der Waals surface area (Å²) in [7, 11) is -3.50. The van der Waals surface area contributed by atoms with E-state index in [-0.39, 0.29) is 5.41 Å². The zero-order valence-corrected chi connectivity index (χ0v) is 16.1. The highest BCUT2D eigenvalue weighted by Crippen LogP contribution is 2.39. The molecule has 7 heteroatoms. The highest BCUT2D eigenvalue weighted by Gasteiger charge is 2.44. The normalized spacial score (nSPS) is 19.8. The highest BCUT2D eigenvalue weighted by molar-refractivity contribution is 7.89. The van der Waals surface area contributed by atoms with Gasteiger partial charge in [-0.05, 0) is 37.5 Å². The van der Waals surface area contributed by atoms with Crippen LogP contribution in [0.25, 0.3) is 0 Å². The molecule has 2 aromatic rings. The van der Waals surface area contributed by atoms with Gasteiger partial charge in [-0.3, -0.25) is 0 Å². The number of hydrogen-bond donors (Lipinski definition) is 0. The quantitative estimate of drug-likeness (QED) is 0.811. The summed E-state index contributed by atoms with van der Waals surface area (Å²) in [5.41, 5.74) is 1.79. The van der Waals surface area contributed by atoms with E-state index < -0.39 is 10.0 Å². The Hall–Kier alpha value is -2.38. The molecular weight excluding hydrogens is 360 g/mol. The number of rotatable bonds is 4. The van der Waals surface area contributed by atoms with Crippen molar-refractivity contribution in [2.45, 2.75) is 30.1 Å². The van der Waals surface area contributed by atoms with Crippen LogP contribution in [0.15, 0.2) is 74.7 Å². The van der Waals surface area contributed by atoms with Gasteiger partial charge in [-0.1, -0.05) is 48.0 Å². The molecule has 0 saturated carbocycles. The number of aliphatic imine (C=N–C) groups is 1. The standard InChI is InChI=1S/C20H22N4O2S/c1-16-7-9-18(10-8-16)27(25,26)24-13-11-20(12-14-24,19-21-15-22-23-19)17-5-3-2-4-6-17/h2-10H,11-15H2,1H3. The van der Waals surface area contributed by atoms with Gasteiger partial charge < -0.3 is 0 Å². The third-order valence-electron chi connectivity index (χ3n) is 5.44. The molecular formula is C20H22N4O2S. The lowest BCUT2D eigenvalue weighted by atomic mass is 9.72. The molecule has 0 amide bonds. The predicted molar refractivity (Wildman–Crippen MR) is 104 cm³/mol. The Morgan fingerprint density at radius 1 is 0.963 bits per heavy atom. The Morgan fingerprint density at radius 2 is 1.63 bits per heavy atom. The SMILES string of the molecule is Cc1ccc(S(=O)(=O)N2CCC(C3=NCN=N3)(c3ccccc3)CC2)cc1. The zero-order chi connectivity index (χ0) is 18.9. The van der Waals surface area contributed by atoms with Crippen LogP contribution in [-0.4, -0.2) is 38.3 Å². The third kappa shape index (κ3) is 3.21. The summed E-state index contributed by atoms with van der Waals surface area (Å²) >= 11 is 0. The molecule has 4 rings (SSSR count). The first-order chi connectivity index (χ1) is 13.0. The van der Waals surface area contributed by atoms with Gasteiger partial charge in [0.15, 0.2) is 12.5 Å². The molecule has 27 heavy (non-hydrogen) atoms. The molecule has 1 saturated heterocycles. The molecule has 6 nitrogen and oxygen atoms in total. The van der Waals surface area contributed by atoms with E-state index in [0.29, 0.717) is 37.5 Å². The second kappa shape index (κ2) is 6.98. The summed E-state index contributed by atoms with van der Waals surface area (Å²) in [6.07, 6.45) is 1.28. The van der Waals surface area contributed by atoms with Crippen LogP contribution in [0.4, 0.5) is 0 Å². The summed E-state index contributed by atoms with van der Waals surface area (Å²) in [6.45, 7) is 3.16. The van der Waals surface area contributed by atoms with E-state index in [2.05, 4.69) is 27.4 Å². The Balaban J connectivity index is 1.62. The molecule has 2 heterocycles. The molecule has 0 N–H and O–H groups in total. The fourth-order valence-corrected chi connectivity index (χ4v) is 5.28. The van der Waals surface area contributed by atoms with Gasteiger partial charge in [-0.15, -0.1) is 5.11 Å². The molecule has 2 aliphatic rings. The lowest BCUT2D eigenvalue weighted by Crippen LogP contribution is -2.48. The van der Waals surface area contributed by atoms with Gasteiger partial charge >= 0.3 is 0 Å². The maximum absolute atomic E-state index is 13.0. The molecule has 0 bridgehead atoms. The van der Waals surface area contributed by atoms with Gasteiger partial charge in [0, 0.05) is 13.1 Å². The van der Waals surface area contributed by atoms with E-state index in [4.69, 9.17) is 0 Å². The van der Waals surface area contributed by atoms with Crippen LogP contribution in [0, 0.1) is 6.92 Å². The predicted octanol–water partition coefficient (Wildman–Crippen LogP) is 3.54. The van der Waals surface area contributed by atoms with E-state index in [1.165, 1.54) is 0 Å². The third-order valence-corrected chi connectivity index (χ3v) is 7.35. The number of amidine groups is 1. The van der Waals surface area contributed by atoms with Crippen LogP contribution in [0.3, 0.4) is 0 Å². The van der Waals surface area contributed by atoms with E-state index in [9.17, 15) is 8.42 Å². The first-order valence-corrected chi connectivity index (χ1v) is 10.5. The topological polar surface area (TPSA) is 74.5 Å². The van der Waals surface area contributed by atoms with Crippen molar-refractivity contribution in [2.75, 3.05) is 19.8 Å². The van der Waals surface area contributed by atoms with Crippen LogP contribution in [0.1, 0.15) is 24.0 Å². The summed E-state index contributed by atoms with van der Waals surface area (Å²) in [5, 5.41) is 8.29. The Bertz CT molecular complexity index is 974. The molecule has 0 aliphatic carbocycles. The molecule has 2 aromatic carbocycles. The first kappa shape index (κ1) is 18.0. The summed E-state index contributed by atoms with van der Waals surface area (Å²) in [5.74, 6) is 0.723. The van der Waals surface area contributed by atoms with Crippen LogP contribution in [0.2, 0.25) is 0 Å². The maximum Gasteiger partial charge on any atom is 0.243 e. The largest absolute Gasteiger partial charge is 0.243 e. The fourth-order valence-electron chi connectivity index (χ4n) is 3.84. The number of sulfonamides is 1. The van der Waals surface area contributed by atoms with Crippen molar-refractivity contribution in [3.63, 3.8) is 0 Å². The van der Waals surface area contributed by atoms with Crippen LogP contribution in [0.5, 0.6) is 0 Å². The van der Waals surface area contributed by atoms with Crippen molar-refractivity contribution < 1.29 is 8.42 Å². The van der Waals surface area contributed by atoms with Crippen LogP contribution < -0.4 is 0 Å². The fraction of sp³-hybridized carbons (Fsp3) is 0.350. The second-order valence-electron chi connectivity index (χ2n) is 7.03. The Kier molecular flexibility index (Phi) is 4.65. The molecule has 0 radical (unpaired) electrons. The van der Waals surface area contributed by atoms with Gasteiger partial charge in [-0.25, -0.2) is 13.4 Å². The van der Waals surface area contributed by atoms with Gasteiger partial charge in [-0.2, -0.15) is 9.42 Å². The first-order valence-electron chi connectivity index (χ1n) is 9.07. The smallest absolute Gasteiger partial charge is 0.242 e. The lowest BCUT2D eigenvalue weighted by molar-refractivity contribution is 0.284. The van der Waals surface area contributed by atoms with Crippen LogP contribution >= 0.6 is 0 Å². The van der Waals surface area contributed by atoms with Gasteiger partial charge in [0.2, 0.25) is 10.0 Å². The Labute approximate surface area is 159 Å². The number of benzene rings is 2. The second-order valence-corrected chi connectivity index (χ2v) is 8.97. The highest BCUT2D eigenvalue weighted by atomic mass is 32.2. The minimum Gasteiger partial charge on any atom is -0.242 e. The summed E-state index contributed by atoms with van der Waals surface area (Å²) in [4.78, 5) is 4.82. The maximum atomic E-state index is 13.0. The number of hydrogen-bond acceptors (Lipinski definition) is 5. The minimum absolute atomic E-state index is 0.346. The summed E-state index contributed by atoms with van der Waals surface area (Å²) < 4.78 is 27.6. The molecule has 0 spiro atoms. The molecule has 0 aromatic heterocycles. The number of nitrogens with zero attached hydrogens (tertiary/aromatic N) is 4. The van der Waals surface area contributed by atoms with Gasteiger partial charge in [0.1, 0.15) is 0 Å². The van der Waals surface area contributed by atoms with Gasteiger partial charge in [0.05, 0.1) is 10.3 Å². The lowest BCUT2D eigenvalue weighted by Gasteiger charge is -2.40. The average molecular weight is 382 g/mol. The molecule has 0 unspecified atom stereocenters. The zero-order valence-electron chi connectivity index (χ0n) is 15.2. The monoisotopic (exact) mass is 382 g/mol. The number of azo groups is 1. The average Bonchev–Trinajstić information content (AvgIpc) is 3.24. The number of piperidine rings is 1. The van der Waals surface area contributed by atoms with Crippen molar-refractivity contribution in [3.05, 3.63) is 65.7 Å². The van der Waals surface area contributed by atoms with E-state index in [1.807, 2.05) is 37.3 Å². The molecule has 0 atom stereocenters. The molecule has 1 fully saturated rings. The van der Waals surface area contributed by atoms with Crippen molar-refractivity contribution in [1.29, 1.82) is 0 Å². The van der Waals surface area contributed by atoms with Crippen molar-refractivity contribution in [1.82, 2.24) is 4.31 Å². The van der Waals surface area contributed by atoms with E-state index in [0.717, 1.165) is 17.0 Å². The number of aryl methyl sites for hydroxylation is 1. The Morgan fingerprint density at radius 3 is 2.22 bits per heavy atom. The minimum atomic E-state index is -3.50. The molecule has 2 aliphatic heterocycles. The van der Waals surface area contributed by atoms with Crippen molar-refractivity contribution >= 4 is 15.9 Å². The van der Waals surface area contributed by atoms with E-state index >= 15 is 0 Å².